The van der Waals surface area contributed by atoms with E-state index in [9.17, 15) is 9.59 Å². The molecular weight excluding hydrogens is 250 g/mol. The smallest absolute Gasteiger partial charge is 0.152 e. The van der Waals surface area contributed by atoms with E-state index < -0.39 is 0 Å². The number of carbonyl (C=O) groups is 2. The third kappa shape index (κ3) is 5.74. The second kappa shape index (κ2) is 8.56. The van der Waals surface area contributed by atoms with E-state index in [2.05, 4.69) is 32.6 Å². The fourth-order valence-electron chi connectivity index (χ4n) is 2.71. The summed E-state index contributed by atoms with van der Waals surface area (Å²) in [4.78, 5) is 26.6. The lowest BCUT2D eigenvalue weighted by Gasteiger charge is -2.38. The van der Waals surface area contributed by atoms with Gasteiger partial charge in [0.05, 0.1) is 6.04 Å². The highest BCUT2D eigenvalue weighted by Gasteiger charge is 2.31. The maximum atomic E-state index is 12.5. The lowest BCUT2D eigenvalue weighted by atomic mass is 9.92. The average Bonchev–Trinajstić information content (AvgIpc) is 2.31. The molecule has 0 bridgehead atoms. The van der Waals surface area contributed by atoms with Crippen molar-refractivity contribution in [3.63, 3.8) is 0 Å². The monoisotopic (exact) mass is 283 g/mol. The molecule has 1 unspecified atom stereocenters. The number of Topliss-reactive ketones (excluding diaryl/α,β-unsaturated/α-hetero) is 2. The van der Waals surface area contributed by atoms with Crippen LogP contribution in [-0.4, -0.2) is 34.6 Å². The first-order valence-electron chi connectivity index (χ1n) is 7.93. The predicted molar refractivity (Wildman–Crippen MR) is 84.8 cm³/mol. The van der Waals surface area contributed by atoms with Crippen LogP contribution in [0.5, 0.6) is 0 Å². The van der Waals surface area contributed by atoms with Crippen molar-refractivity contribution in [3.05, 3.63) is 0 Å². The topological polar surface area (TPSA) is 37.4 Å². The van der Waals surface area contributed by atoms with Crippen molar-refractivity contribution in [1.82, 2.24) is 4.90 Å². The highest BCUT2D eigenvalue weighted by atomic mass is 16.1. The molecule has 0 fully saturated rings. The van der Waals surface area contributed by atoms with E-state index in [0.29, 0.717) is 24.9 Å². The maximum Gasteiger partial charge on any atom is 0.152 e. The standard InChI is InChI=1S/C17H33NO2/c1-11(2)16(19)10-9-15(17(20)12(3)4)18(13(5)6)14(7)8/h11-15H,9-10H2,1-8H3. The molecule has 118 valence electrons. The van der Waals surface area contributed by atoms with Crippen LogP contribution >= 0.6 is 0 Å². The van der Waals surface area contributed by atoms with Gasteiger partial charge in [-0.15, -0.1) is 0 Å². The molecule has 1 atom stereocenters. The number of hydrogen-bond acceptors (Lipinski definition) is 3. The zero-order chi connectivity index (χ0) is 16.0. The SMILES string of the molecule is CC(C)C(=O)CCC(C(=O)C(C)C)N(C(C)C)C(C)C. The summed E-state index contributed by atoms with van der Waals surface area (Å²) in [5.41, 5.74) is 0. The summed E-state index contributed by atoms with van der Waals surface area (Å²) >= 11 is 0. The van der Waals surface area contributed by atoms with Gasteiger partial charge in [0.2, 0.25) is 0 Å². The molecule has 0 radical (unpaired) electrons. The molecule has 0 saturated carbocycles. The number of hydrogen-bond donors (Lipinski definition) is 0. The fraction of sp³-hybridized carbons (Fsp3) is 0.882. The van der Waals surface area contributed by atoms with Crippen LogP contribution in [0, 0.1) is 11.8 Å². The fourth-order valence-corrected chi connectivity index (χ4v) is 2.71. The minimum absolute atomic E-state index is 0.00847. The first-order chi connectivity index (χ1) is 9.09. The van der Waals surface area contributed by atoms with E-state index in [-0.39, 0.29) is 29.4 Å². The molecule has 0 amide bonds. The van der Waals surface area contributed by atoms with Gasteiger partial charge in [-0.3, -0.25) is 14.5 Å². The van der Waals surface area contributed by atoms with Crippen molar-refractivity contribution in [3.8, 4) is 0 Å². The van der Waals surface area contributed by atoms with Crippen LogP contribution in [0.25, 0.3) is 0 Å². The highest BCUT2D eigenvalue weighted by Crippen LogP contribution is 2.20. The Kier molecular flexibility index (Phi) is 8.26. The summed E-state index contributed by atoms with van der Waals surface area (Å²) in [7, 11) is 0. The second-order valence-electron chi connectivity index (χ2n) is 6.87. The van der Waals surface area contributed by atoms with E-state index in [4.69, 9.17) is 0 Å². The molecule has 0 aromatic carbocycles. The van der Waals surface area contributed by atoms with Crippen LogP contribution in [0.2, 0.25) is 0 Å². The number of rotatable bonds is 9. The summed E-state index contributed by atoms with van der Waals surface area (Å²) in [6.07, 6.45) is 1.14. The molecule has 0 aliphatic heterocycles. The summed E-state index contributed by atoms with van der Waals surface area (Å²) < 4.78 is 0. The van der Waals surface area contributed by atoms with E-state index in [1.54, 1.807) is 0 Å². The van der Waals surface area contributed by atoms with Gasteiger partial charge in [-0.05, 0) is 34.1 Å². The summed E-state index contributed by atoms with van der Waals surface area (Å²) in [5.74, 6) is 0.563. The Bertz CT molecular complexity index is 311. The quantitative estimate of drug-likeness (QED) is 0.647. The largest absolute Gasteiger partial charge is 0.299 e. The van der Waals surface area contributed by atoms with Gasteiger partial charge in [-0.25, -0.2) is 0 Å². The van der Waals surface area contributed by atoms with Gasteiger partial charge in [0.25, 0.3) is 0 Å². The first kappa shape index (κ1) is 19.3. The van der Waals surface area contributed by atoms with Crippen molar-refractivity contribution < 1.29 is 9.59 Å². The van der Waals surface area contributed by atoms with Crippen molar-refractivity contribution >= 4 is 11.6 Å². The normalized spacial score (nSPS) is 13.8. The predicted octanol–water partition coefficient (Wildman–Crippen LogP) is 3.70. The van der Waals surface area contributed by atoms with E-state index >= 15 is 0 Å². The molecule has 0 spiro atoms. The molecular formula is C17H33NO2. The Morgan fingerprint density at radius 2 is 1.25 bits per heavy atom. The van der Waals surface area contributed by atoms with Crippen LogP contribution in [-0.2, 0) is 9.59 Å². The second-order valence-corrected chi connectivity index (χ2v) is 6.87. The van der Waals surface area contributed by atoms with Gasteiger partial charge in [-0.1, -0.05) is 27.7 Å². The van der Waals surface area contributed by atoms with Crippen LogP contribution in [0.3, 0.4) is 0 Å². The number of nitrogens with zero attached hydrogens (tertiary/aromatic N) is 1. The van der Waals surface area contributed by atoms with E-state index in [1.165, 1.54) is 0 Å². The van der Waals surface area contributed by atoms with Crippen LogP contribution < -0.4 is 0 Å². The zero-order valence-electron chi connectivity index (χ0n) is 14.6. The Morgan fingerprint density at radius 1 is 0.800 bits per heavy atom. The average molecular weight is 283 g/mol. The molecule has 0 aromatic rings. The van der Waals surface area contributed by atoms with Gasteiger partial charge in [0, 0.05) is 30.3 Å². The number of carbonyl (C=O) groups excluding carboxylic acids is 2. The van der Waals surface area contributed by atoms with Crippen molar-refractivity contribution in [1.29, 1.82) is 0 Å². The van der Waals surface area contributed by atoms with E-state index in [1.807, 2.05) is 27.7 Å². The highest BCUT2D eigenvalue weighted by molar-refractivity contribution is 5.87. The molecule has 0 saturated heterocycles. The first-order valence-corrected chi connectivity index (χ1v) is 7.93. The molecule has 0 aliphatic carbocycles. The molecule has 3 heteroatoms. The van der Waals surface area contributed by atoms with Crippen LogP contribution in [0.4, 0.5) is 0 Å². The lowest BCUT2D eigenvalue weighted by Crippen LogP contribution is -2.50. The van der Waals surface area contributed by atoms with Gasteiger partial charge < -0.3 is 0 Å². The Morgan fingerprint density at radius 3 is 1.55 bits per heavy atom. The summed E-state index contributed by atoms with van der Waals surface area (Å²) in [5, 5.41) is 0. The molecule has 0 aromatic heterocycles. The van der Waals surface area contributed by atoms with Gasteiger partial charge in [-0.2, -0.15) is 0 Å². The van der Waals surface area contributed by atoms with Crippen LogP contribution in [0.1, 0.15) is 68.2 Å². The Balaban J connectivity index is 5.07. The molecule has 0 heterocycles. The molecule has 3 nitrogen and oxygen atoms in total. The van der Waals surface area contributed by atoms with Crippen molar-refractivity contribution in [2.75, 3.05) is 0 Å². The third-order valence-corrected chi connectivity index (χ3v) is 3.76. The van der Waals surface area contributed by atoms with Gasteiger partial charge >= 0.3 is 0 Å². The molecule has 0 rings (SSSR count). The lowest BCUT2D eigenvalue weighted by molar-refractivity contribution is -0.130. The van der Waals surface area contributed by atoms with Gasteiger partial charge in [0.1, 0.15) is 5.78 Å². The van der Waals surface area contributed by atoms with Crippen molar-refractivity contribution in [2.24, 2.45) is 11.8 Å². The zero-order valence-corrected chi connectivity index (χ0v) is 14.6. The van der Waals surface area contributed by atoms with Gasteiger partial charge in [0.15, 0.2) is 5.78 Å². The molecule has 0 N–H and O–H groups in total. The summed E-state index contributed by atoms with van der Waals surface area (Å²) in [6, 6.07) is 0.464. The van der Waals surface area contributed by atoms with Crippen molar-refractivity contribution in [2.45, 2.75) is 86.4 Å². The Hall–Kier alpha value is -0.700. The number of ketones is 2. The maximum absolute atomic E-state index is 12.5. The van der Waals surface area contributed by atoms with E-state index in [0.717, 1.165) is 0 Å². The summed E-state index contributed by atoms with van der Waals surface area (Å²) in [6.45, 7) is 16.2. The molecule has 20 heavy (non-hydrogen) atoms. The third-order valence-electron chi connectivity index (χ3n) is 3.76. The minimum Gasteiger partial charge on any atom is -0.299 e. The van der Waals surface area contributed by atoms with Crippen LogP contribution in [0.15, 0.2) is 0 Å². The minimum atomic E-state index is -0.141. The molecule has 0 aliphatic rings. The Labute approximate surface area is 125 Å².